The van der Waals surface area contributed by atoms with Crippen LogP contribution in [0.4, 0.5) is 0 Å². The molecule has 1 aromatic carbocycles. The summed E-state index contributed by atoms with van der Waals surface area (Å²) in [6.07, 6.45) is 6.80. The Hall–Kier alpha value is -3.45. The van der Waals surface area contributed by atoms with Crippen molar-refractivity contribution >= 4 is 11.6 Å². The predicted octanol–water partition coefficient (Wildman–Crippen LogP) is 3.61. The zero-order chi connectivity index (χ0) is 21.2. The van der Waals surface area contributed by atoms with E-state index in [1.54, 1.807) is 12.4 Å². The highest BCUT2D eigenvalue weighted by Gasteiger charge is 2.24. The Bertz CT molecular complexity index is 1130. The predicted molar refractivity (Wildman–Crippen MR) is 117 cm³/mol. The smallest absolute Gasteiger partial charge is 0.287 e. The molecule has 1 saturated heterocycles. The Morgan fingerprint density at radius 2 is 1.87 bits per heavy atom. The van der Waals surface area contributed by atoms with Crippen LogP contribution in [0.3, 0.4) is 0 Å². The van der Waals surface area contributed by atoms with E-state index in [2.05, 4.69) is 26.8 Å². The van der Waals surface area contributed by atoms with Crippen molar-refractivity contribution in [1.29, 1.82) is 0 Å². The van der Waals surface area contributed by atoms with Crippen molar-refractivity contribution in [3.05, 3.63) is 65.7 Å². The van der Waals surface area contributed by atoms with E-state index in [-0.39, 0.29) is 11.9 Å². The van der Waals surface area contributed by atoms with Gasteiger partial charge in [-0.1, -0.05) is 23.4 Å². The number of pyridine rings is 1. The second-order valence-electron chi connectivity index (χ2n) is 8.01. The van der Waals surface area contributed by atoms with Crippen LogP contribution < -0.4 is 10.6 Å². The molecular weight excluding hydrogens is 392 g/mol. The first-order chi connectivity index (χ1) is 15.2. The maximum absolute atomic E-state index is 12.9. The zero-order valence-electron chi connectivity index (χ0n) is 17.1. The van der Waals surface area contributed by atoms with Gasteiger partial charge in [0.25, 0.3) is 5.91 Å². The lowest BCUT2D eigenvalue weighted by Gasteiger charge is -2.23. The second-order valence-corrected chi connectivity index (χ2v) is 8.01. The summed E-state index contributed by atoms with van der Waals surface area (Å²) >= 11 is 0. The lowest BCUT2D eigenvalue weighted by Crippen LogP contribution is -2.42. The Labute approximate surface area is 180 Å². The molecule has 3 heterocycles. The number of carbonyl (C=O) groups is 1. The quantitative estimate of drug-likeness (QED) is 0.446. The average Bonchev–Trinajstić information content (AvgIpc) is 3.44. The van der Waals surface area contributed by atoms with Crippen LogP contribution in [0.2, 0.25) is 0 Å². The summed E-state index contributed by atoms with van der Waals surface area (Å²) in [4.78, 5) is 17.0. The molecule has 0 radical (unpaired) electrons. The van der Waals surface area contributed by atoms with Crippen LogP contribution in [-0.2, 0) is 6.42 Å². The number of fused-ring (bicyclic) bond motifs is 1. The van der Waals surface area contributed by atoms with E-state index >= 15 is 0 Å². The van der Waals surface area contributed by atoms with E-state index in [0.717, 1.165) is 66.6 Å². The molecule has 1 aliphatic heterocycles. The fourth-order valence-corrected chi connectivity index (χ4v) is 4.40. The monoisotopic (exact) mass is 416 g/mol. The molecule has 0 bridgehead atoms. The van der Waals surface area contributed by atoms with Crippen molar-refractivity contribution in [3.8, 4) is 22.5 Å². The SMILES string of the molecule is O=C(NC1CCNCC1)c1cc(-c2ccc3c(c2)CC/C3=N\O)c(-c2ccncc2)o1. The third-order valence-corrected chi connectivity index (χ3v) is 6.05. The number of aromatic nitrogens is 1. The highest BCUT2D eigenvalue weighted by molar-refractivity contribution is 6.05. The molecule has 7 nitrogen and oxygen atoms in total. The maximum Gasteiger partial charge on any atom is 0.287 e. The Morgan fingerprint density at radius 3 is 2.65 bits per heavy atom. The molecular formula is C24H24N4O3. The number of amides is 1. The summed E-state index contributed by atoms with van der Waals surface area (Å²) in [5.41, 5.74) is 5.51. The number of piperidine rings is 1. The molecule has 1 aliphatic carbocycles. The molecule has 1 amide bonds. The van der Waals surface area contributed by atoms with Gasteiger partial charge < -0.3 is 20.3 Å². The summed E-state index contributed by atoms with van der Waals surface area (Å²) in [6.45, 7) is 1.82. The number of hydrogen-bond acceptors (Lipinski definition) is 6. The number of nitrogens with zero attached hydrogens (tertiary/aromatic N) is 2. The van der Waals surface area contributed by atoms with Crippen LogP contribution in [-0.4, -0.2) is 40.9 Å². The fourth-order valence-electron chi connectivity index (χ4n) is 4.40. The fraction of sp³-hybridized carbons (Fsp3) is 0.292. The standard InChI is InChI=1S/C24H24N4O3/c29-24(27-18-7-11-26-12-8-18)22-14-20(23(31-22)15-5-9-25-10-6-15)17-1-3-19-16(13-17)2-4-21(19)28-30/h1,3,5-6,9-10,13-14,18,26,30H,2,4,7-8,11-12H2,(H,27,29)/b28-21+. The first kappa shape index (κ1) is 19.5. The van der Waals surface area contributed by atoms with Crippen LogP contribution in [0.5, 0.6) is 0 Å². The van der Waals surface area contributed by atoms with Crippen molar-refractivity contribution in [3.63, 3.8) is 0 Å². The summed E-state index contributed by atoms with van der Waals surface area (Å²) in [7, 11) is 0. The molecule has 7 heteroatoms. The molecule has 1 fully saturated rings. The average molecular weight is 416 g/mol. The molecule has 0 spiro atoms. The van der Waals surface area contributed by atoms with Gasteiger partial charge in [-0.05, 0) is 68.1 Å². The van der Waals surface area contributed by atoms with Crippen molar-refractivity contribution in [1.82, 2.24) is 15.6 Å². The van der Waals surface area contributed by atoms with E-state index in [0.29, 0.717) is 17.2 Å². The second kappa shape index (κ2) is 8.35. The number of rotatable bonds is 4. The number of aryl methyl sites for hydroxylation is 1. The zero-order valence-corrected chi connectivity index (χ0v) is 17.1. The third-order valence-electron chi connectivity index (χ3n) is 6.05. The summed E-state index contributed by atoms with van der Waals surface area (Å²) < 4.78 is 6.10. The van der Waals surface area contributed by atoms with Gasteiger partial charge in [0.15, 0.2) is 5.76 Å². The van der Waals surface area contributed by atoms with Crippen LogP contribution >= 0.6 is 0 Å². The first-order valence-electron chi connectivity index (χ1n) is 10.6. The molecule has 2 aliphatic rings. The molecule has 5 rings (SSSR count). The van der Waals surface area contributed by atoms with E-state index in [9.17, 15) is 10.0 Å². The van der Waals surface area contributed by atoms with Gasteiger partial charge in [0, 0.05) is 35.1 Å². The molecule has 0 unspecified atom stereocenters. The van der Waals surface area contributed by atoms with Crippen LogP contribution in [0, 0.1) is 0 Å². The van der Waals surface area contributed by atoms with Gasteiger partial charge in [-0.25, -0.2) is 0 Å². The lowest BCUT2D eigenvalue weighted by molar-refractivity contribution is 0.0902. The summed E-state index contributed by atoms with van der Waals surface area (Å²) in [5, 5.41) is 19.0. The van der Waals surface area contributed by atoms with E-state index in [4.69, 9.17) is 4.42 Å². The minimum atomic E-state index is -0.190. The Balaban J connectivity index is 1.52. The van der Waals surface area contributed by atoms with Gasteiger partial charge in [0.2, 0.25) is 0 Å². The summed E-state index contributed by atoms with van der Waals surface area (Å²) in [5.74, 6) is 0.759. The van der Waals surface area contributed by atoms with Gasteiger partial charge in [0.1, 0.15) is 5.76 Å². The van der Waals surface area contributed by atoms with Crippen LogP contribution in [0.25, 0.3) is 22.5 Å². The largest absolute Gasteiger partial charge is 0.450 e. The number of benzene rings is 1. The molecule has 31 heavy (non-hydrogen) atoms. The van der Waals surface area contributed by atoms with Gasteiger partial charge >= 0.3 is 0 Å². The van der Waals surface area contributed by atoms with Gasteiger partial charge in [0.05, 0.1) is 5.71 Å². The lowest BCUT2D eigenvalue weighted by atomic mass is 9.98. The molecule has 3 N–H and O–H groups in total. The number of hydrogen-bond donors (Lipinski definition) is 3. The van der Waals surface area contributed by atoms with Gasteiger partial charge in [-0.15, -0.1) is 0 Å². The van der Waals surface area contributed by atoms with Crippen LogP contribution in [0.1, 0.15) is 40.9 Å². The van der Waals surface area contributed by atoms with Crippen molar-refractivity contribution in [2.75, 3.05) is 13.1 Å². The molecule has 0 atom stereocenters. The molecule has 3 aromatic rings. The minimum Gasteiger partial charge on any atom is -0.450 e. The van der Waals surface area contributed by atoms with E-state index < -0.39 is 0 Å². The minimum absolute atomic E-state index is 0.155. The molecule has 0 saturated carbocycles. The van der Waals surface area contributed by atoms with Gasteiger partial charge in [-0.3, -0.25) is 9.78 Å². The number of nitrogens with one attached hydrogen (secondary N) is 2. The van der Waals surface area contributed by atoms with Gasteiger partial charge in [-0.2, -0.15) is 0 Å². The number of carbonyl (C=O) groups excluding carboxylic acids is 1. The topological polar surface area (TPSA) is 99.8 Å². The van der Waals surface area contributed by atoms with Crippen molar-refractivity contribution < 1.29 is 14.4 Å². The van der Waals surface area contributed by atoms with Crippen LogP contribution in [0.15, 0.2) is 58.4 Å². The summed E-state index contributed by atoms with van der Waals surface area (Å²) in [6, 6.07) is 11.8. The Kier molecular flexibility index (Phi) is 5.26. The van der Waals surface area contributed by atoms with Crippen molar-refractivity contribution in [2.24, 2.45) is 5.16 Å². The first-order valence-corrected chi connectivity index (χ1v) is 10.6. The van der Waals surface area contributed by atoms with Crippen molar-refractivity contribution in [2.45, 2.75) is 31.7 Å². The molecule has 158 valence electrons. The maximum atomic E-state index is 12.9. The van der Waals surface area contributed by atoms with E-state index in [1.165, 1.54) is 0 Å². The Morgan fingerprint density at radius 1 is 1.06 bits per heavy atom. The highest BCUT2D eigenvalue weighted by Crippen LogP contribution is 2.37. The van der Waals surface area contributed by atoms with E-state index in [1.807, 2.05) is 30.3 Å². The normalized spacial score (nSPS) is 17.6. The third kappa shape index (κ3) is 3.84. The number of furan rings is 1. The highest BCUT2D eigenvalue weighted by atomic mass is 16.4. The molecule has 2 aromatic heterocycles. The number of oxime groups is 1.